The fraction of sp³-hybridized carbons (Fsp3) is 0.500. The summed E-state index contributed by atoms with van der Waals surface area (Å²) in [5, 5.41) is 6.68. The first-order valence-corrected chi connectivity index (χ1v) is 5.33. The van der Waals surface area contributed by atoms with Crippen molar-refractivity contribution in [2.24, 2.45) is 0 Å². The van der Waals surface area contributed by atoms with Crippen LogP contribution in [0, 0.1) is 0 Å². The Morgan fingerprint density at radius 1 is 1.21 bits per heavy atom. The smallest absolute Gasteiger partial charge is 0.0342 e. The van der Waals surface area contributed by atoms with Crippen molar-refractivity contribution in [2.45, 2.75) is 25.8 Å². The number of hydrogen-bond donors (Lipinski definition) is 2. The molecule has 0 bridgehead atoms. The van der Waals surface area contributed by atoms with Crippen LogP contribution >= 0.6 is 0 Å². The predicted octanol–water partition coefficient (Wildman–Crippen LogP) is 2.19. The molecule has 0 amide bonds. The summed E-state index contributed by atoms with van der Waals surface area (Å²) in [5.41, 5.74) is 2.68. The van der Waals surface area contributed by atoms with Gasteiger partial charge in [-0.2, -0.15) is 0 Å². The molecule has 1 aromatic rings. The van der Waals surface area contributed by atoms with Crippen LogP contribution < -0.4 is 10.6 Å². The van der Waals surface area contributed by atoms with Gasteiger partial charge in [-0.15, -0.1) is 0 Å². The van der Waals surface area contributed by atoms with Crippen molar-refractivity contribution in [3.63, 3.8) is 0 Å². The molecule has 1 aromatic carbocycles. The SMILES string of the molecule is CC(C)Nc1ccc(C2CNC2)cc1. The zero-order chi connectivity index (χ0) is 9.97. The fourth-order valence-corrected chi connectivity index (χ4v) is 1.71. The highest BCUT2D eigenvalue weighted by Crippen LogP contribution is 2.21. The van der Waals surface area contributed by atoms with Crippen LogP contribution in [0.5, 0.6) is 0 Å². The van der Waals surface area contributed by atoms with Gasteiger partial charge in [0.25, 0.3) is 0 Å². The largest absolute Gasteiger partial charge is 0.383 e. The molecular formula is C12H18N2. The molecule has 0 radical (unpaired) electrons. The molecule has 76 valence electrons. The van der Waals surface area contributed by atoms with E-state index in [1.807, 2.05) is 0 Å². The van der Waals surface area contributed by atoms with Gasteiger partial charge in [-0.05, 0) is 31.5 Å². The zero-order valence-electron chi connectivity index (χ0n) is 8.88. The van der Waals surface area contributed by atoms with Gasteiger partial charge >= 0.3 is 0 Å². The number of hydrogen-bond acceptors (Lipinski definition) is 2. The first kappa shape index (κ1) is 9.53. The number of rotatable bonds is 3. The molecule has 2 nitrogen and oxygen atoms in total. The van der Waals surface area contributed by atoms with Gasteiger partial charge in [0, 0.05) is 30.7 Å². The summed E-state index contributed by atoms with van der Waals surface area (Å²) in [4.78, 5) is 0. The van der Waals surface area contributed by atoms with E-state index < -0.39 is 0 Å². The van der Waals surface area contributed by atoms with Crippen molar-refractivity contribution in [2.75, 3.05) is 18.4 Å². The highest BCUT2D eigenvalue weighted by molar-refractivity contribution is 5.46. The molecule has 1 aliphatic rings. The van der Waals surface area contributed by atoms with Crippen molar-refractivity contribution < 1.29 is 0 Å². The van der Waals surface area contributed by atoms with Crippen LogP contribution in [0.1, 0.15) is 25.3 Å². The van der Waals surface area contributed by atoms with Gasteiger partial charge in [0.05, 0.1) is 0 Å². The summed E-state index contributed by atoms with van der Waals surface area (Å²) in [5.74, 6) is 0.739. The number of anilines is 1. The van der Waals surface area contributed by atoms with E-state index in [4.69, 9.17) is 0 Å². The van der Waals surface area contributed by atoms with Gasteiger partial charge < -0.3 is 10.6 Å². The molecule has 14 heavy (non-hydrogen) atoms. The van der Waals surface area contributed by atoms with Gasteiger partial charge in [-0.1, -0.05) is 12.1 Å². The Labute approximate surface area is 85.7 Å². The Morgan fingerprint density at radius 3 is 2.29 bits per heavy atom. The van der Waals surface area contributed by atoms with E-state index in [2.05, 4.69) is 48.7 Å². The van der Waals surface area contributed by atoms with Gasteiger partial charge in [0.2, 0.25) is 0 Å². The molecule has 2 heteroatoms. The number of nitrogens with one attached hydrogen (secondary N) is 2. The first-order valence-electron chi connectivity index (χ1n) is 5.33. The second-order valence-corrected chi connectivity index (χ2v) is 4.28. The van der Waals surface area contributed by atoms with Crippen LogP contribution in [0.15, 0.2) is 24.3 Å². The standard InChI is InChI=1S/C12H18N2/c1-9(2)14-12-5-3-10(4-6-12)11-7-13-8-11/h3-6,9,11,13-14H,7-8H2,1-2H3. The van der Waals surface area contributed by atoms with Gasteiger partial charge in [-0.3, -0.25) is 0 Å². The third kappa shape index (κ3) is 2.07. The lowest BCUT2D eigenvalue weighted by Gasteiger charge is -2.27. The molecule has 2 rings (SSSR count). The maximum atomic E-state index is 3.39. The third-order valence-corrected chi connectivity index (χ3v) is 2.62. The van der Waals surface area contributed by atoms with Crippen LogP contribution in [0.3, 0.4) is 0 Å². The quantitative estimate of drug-likeness (QED) is 0.763. The summed E-state index contributed by atoms with van der Waals surface area (Å²) in [6, 6.07) is 9.32. The highest BCUT2D eigenvalue weighted by atomic mass is 14.9. The fourth-order valence-electron chi connectivity index (χ4n) is 1.71. The Hall–Kier alpha value is -1.02. The monoisotopic (exact) mass is 190 g/mol. The lowest BCUT2D eigenvalue weighted by Crippen LogP contribution is -2.39. The summed E-state index contributed by atoms with van der Waals surface area (Å²) in [6.45, 7) is 6.58. The average Bonchev–Trinajstić information content (AvgIpc) is 2.04. The molecule has 2 N–H and O–H groups in total. The molecule has 1 saturated heterocycles. The van der Waals surface area contributed by atoms with Gasteiger partial charge in [0.15, 0.2) is 0 Å². The van der Waals surface area contributed by atoms with Gasteiger partial charge in [-0.25, -0.2) is 0 Å². The zero-order valence-corrected chi connectivity index (χ0v) is 8.88. The maximum absolute atomic E-state index is 3.39. The van der Waals surface area contributed by atoms with E-state index in [1.165, 1.54) is 11.3 Å². The predicted molar refractivity (Wildman–Crippen MR) is 60.8 cm³/mol. The molecule has 0 aliphatic carbocycles. The normalized spacial score (nSPS) is 16.8. The van der Waals surface area contributed by atoms with Crippen molar-refractivity contribution in [3.8, 4) is 0 Å². The van der Waals surface area contributed by atoms with Crippen molar-refractivity contribution in [1.82, 2.24) is 5.32 Å². The Kier molecular flexibility index (Phi) is 2.73. The second-order valence-electron chi connectivity index (χ2n) is 4.28. The molecule has 0 atom stereocenters. The van der Waals surface area contributed by atoms with Crippen LogP contribution in [-0.2, 0) is 0 Å². The summed E-state index contributed by atoms with van der Waals surface area (Å²) in [6.07, 6.45) is 0. The summed E-state index contributed by atoms with van der Waals surface area (Å²) in [7, 11) is 0. The van der Waals surface area contributed by atoms with Crippen LogP contribution in [-0.4, -0.2) is 19.1 Å². The molecule has 0 aromatic heterocycles. The van der Waals surface area contributed by atoms with E-state index in [9.17, 15) is 0 Å². The molecule has 1 aliphatic heterocycles. The molecule has 0 saturated carbocycles. The second kappa shape index (κ2) is 4.01. The molecular weight excluding hydrogens is 172 g/mol. The average molecular weight is 190 g/mol. The Bertz CT molecular complexity index is 286. The van der Waals surface area contributed by atoms with Crippen LogP contribution in [0.2, 0.25) is 0 Å². The Balaban J connectivity index is 2.02. The van der Waals surface area contributed by atoms with E-state index >= 15 is 0 Å². The topological polar surface area (TPSA) is 24.1 Å². The lowest BCUT2D eigenvalue weighted by atomic mass is 9.94. The molecule has 0 spiro atoms. The van der Waals surface area contributed by atoms with Crippen LogP contribution in [0.25, 0.3) is 0 Å². The highest BCUT2D eigenvalue weighted by Gasteiger charge is 2.18. The minimum atomic E-state index is 0.506. The minimum absolute atomic E-state index is 0.506. The van der Waals surface area contributed by atoms with Crippen molar-refractivity contribution >= 4 is 5.69 Å². The molecule has 0 unspecified atom stereocenters. The van der Waals surface area contributed by atoms with Crippen molar-refractivity contribution in [1.29, 1.82) is 0 Å². The maximum Gasteiger partial charge on any atom is 0.0342 e. The number of benzene rings is 1. The summed E-state index contributed by atoms with van der Waals surface area (Å²) >= 11 is 0. The van der Waals surface area contributed by atoms with E-state index in [-0.39, 0.29) is 0 Å². The van der Waals surface area contributed by atoms with Crippen LogP contribution in [0.4, 0.5) is 5.69 Å². The lowest BCUT2D eigenvalue weighted by molar-refractivity contribution is 0.448. The van der Waals surface area contributed by atoms with Gasteiger partial charge in [0.1, 0.15) is 0 Å². The molecule has 1 fully saturated rings. The van der Waals surface area contributed by atoms with Crippen molar-refractivity contribution in [3.05, 3.63) is 29.8 Å². The Morgan fingerprint density at radius 2 is 1.86 bits per heavy atom. The van der Waals surface area contributed by atoms with E-state index in [0.717, 1.165) is 19.0 Å². The van der Waals surface area contributed by atoms with E-state index in [0.29, 0.717) is 6.04 Å². The van der Waals surface area contributed by atoms with E-state index in [1.54, 1.807) is 0 Å². The molecule has 1 heterocycles. The minimum Gasteiger partial charge on any atom is -0.383 e. The summed E-state index contributed by atoms with van der Waals surface area (Å²) < 4.78 is 0. The third-order valence-electron chi connectivity index (χ3n) is 2.62. The first-order chi connectivity index (χ1) is 6.75.